The van der Waals surface area contributed by atoms with Crippen LogP contribution in [0.1, 0.15) is 23.2 Å². The zero-order valence-corrected chi connectivity index (χ0v) is 15.3. The third-order valence-electron chi connectivity index (χ3n) is 5.53. The van der Waals surface area contributed by atoms with Crippen LogP contribution in [0.2, 0.25) is 0 Å². The van der Waals surface area contributed by atoms with Crippen LogP contribution in [0, 0.1) is 0 Å². The Morgan fingerprint density at radius 1 is 1.16 bits per heavy atom. The smallest absolute Gasteiger partial charge is 0.251 e. The molecular weight excluding hydrogens is 318 g/mol. The third-order valence-corrected chi connectivity index (χ3v) is 5.53. The van der Waals surface area contributed by atoms with Gasteiger partial charge in [0.15, 0.2) is 0 Å². The fraction of sp³-hybridized carbons (Fsp3) is 0.632. The standard InChI is InChI=1S/C19H29N3O3/c1-21-9-7-19(8-10-21,22-11-13-25-14-12-22)15-20-18(23)16-3-5-17(24-2)6-4-16/h3-6H,7-15H2,1-2H3,(H,20,23). The normalized spacial score (nSPS) is 21.7. The average Bonchev–Trinajstić information content (AvgIpc) is 2.68. The van der Waals surface area contributed by atoms with E-state index in [2.05, 4.69) is 22.2 Å². The summed E-state index contributed by atoms with van der Waals surface area (Å²) in [5.74, 6) is 0.742. The summed E-state index contributed by atoms with van der Waals surface area (Å²) in [4.78, 5) is 17.5. The highest BCUT2D eigenvalue weighted by Gasteiger charge is 2.40. The molecule has 2 aliphatic heterocycles. The number of hydrogen-bond acceptors (Lipinski definition) is 5. The molecule has 0 bridgehead atoms. The lowest BCUT2D eigenvalue weighted by molar-refractivity contribution is -0.0439. The number of methoxy groups -OCH3 is 1. The fourth-order valence-electron chi connectivity index (χ4n) is 3.77. The summed E-state index contributed by atoms with van der Waals surface area (Å²) in [5.41, 5.74) is 0.712. The van der Waals surface area contributed by atoms with Gasteiger partial charge in [0.25, 0.3) is 5.91 Å². The molecular formula is C19H29N3O3. The number of piperidine rings is 1. The van der Waals surface area contributed by atoms with Crippen LogP contribution in [0.5, 0.6) is 5.75 Å². The minimum Gasteiger partial charge on any atom is -0.497 e. The first-order valence-electron chi connectivity index (χ1n) is 9.07. The van der Waals surface area contributed by atoms with Gasteiger partial charge in [-0.15, -0.1) is 0 Å². The van der Waals surface area contributed by atoms with Crippen LogP contribution in [-0.4, -0.2) is 81.3 Å². The molecule has 1 aromatic carbocycles. The topological polar surface area (TPSA) is 54.0 Å². The third kappa shape index (κ3) is 4.32. The second kappa shape index (κ2) is 8.17. The molecule has 0 saturated carbocycles. The molecule has 0 aromatic heterocycles. The van der Waals surface area contributed by atoms with Crippen LogP contribution >= 0.6 is 0 Å². The van der Waals surface area contributed by atoms with Gasteiger partial charge in [-0.1, -0.05) is 0 Å². The van der Waals surface area contributed by atoms with Crippen molar-refractivity contribution in [1.82, 2.24) is 15.1 Å². The lowest BCUT2D eigenvalue weighted by Crippen LogP contribution is -2.62. The minimum absolute atomic E-state index is 0.0192. The van der Waals surface area contributed by atoms with Crippen LogP contribution in [0.25, 0.3) is 0 Å². The fourth-order valence-corrected chi connectivity index (χ4v) is 3.77. The highest BCUT2D eigenvalue weighted by Crippen LogP contribution is 2.29. The maximum atomic E-state index is 12.6. The van der Waals surface area contributed by atoms with E-state index < -0.39 is 0 Å². The minimum atomic E-state index is -0.0192. The van der Waals surface area contributed by atoms with Gasteiger partial charge >= 0.3 is 0 Å². The van der Waals surface area contributed by atoms with Crippen LogP contribution in [0.4, 0.5) is 0 Å². The van der Waals surface area contributed by atoms with E-state index >= 15 is 0 Å². The van der Waals surface area contributed by atoms with Gasteiger partial charge in [0.05, 0.1) is 20.3 Å². The molecule has 6 nitrogen and oxygen atoms in total. The van der Waals surface area contributed by atoms with Crippen molar-refractivity contribution in [2.45, 2.75) is 18.4 Å². The predicted octanol–water partition coefficient (Wildman–Crippen LogP) is 1.22. The molecule has 0 spiro atoms. The molecule has 0 radical (unpaired) electrons. The Bertz CT molecular complexity index is 562. The molecule has 2 fully saturated rings. The van der Waals surface area contributed by atoms with Gasteiger partial charge in [-0.05, 0) is 57.2 Å². The zero-order valence-electron chi connectivity index (χ0n) is 15.3. The SMILES string of the molecule is COc1ccc(C(=O)NCC2(N3CCOCC3)CCN(C)CC2)cc1. The first kappa shape index (κ1) is 18.2. The summed E-state index contributed by atoms with van der Waals surface area (Å²) >= 11 is 0. The largest absolute Gasteiger partial charge is 0.497 e. The van der Waals surface area contributed by atoms with E-state index in [1.807, 2.05) is 24.3 Å². The van der Waals surface area contributed by atoms with Crippen molar-refractivity contribution < 1.29 is 14.3 Å². The highest BCUT2D eigenvalue weighted by molar-refractivity contribution is 5.94. The van der Waals surface area contributed by atoms with Gasteiger partial charge in [-0.25, -0.2) is 0 Å². The van der Waals surface area contributed by atoms with Gasteiger partial charge in [-0.3, -0.25) is 9.69 Å². The van der Waals surface area contributed by atoms with Crippen molar-refractivity contribution in [3.8, 4) is 5.75 Å². The van der Waals surface area contributed by atoms with Gasteiger partial charge in [0.1, 0.15) is 5.75 Å². The molecule has 25 heavy (non-hydrogen) atoms. The molecule has 1 aromatic rings. The lowest BCUT2D eigenvalue weighted by atomic mass is 9.85. The van der Waals surface area contributed by atoms with Crippen molar-refractivity contribution in [3.05, 3.63) is 29.8 Å². The number of carbonyl (C=O) groups is 1. The Kier molecular flexibility index (Phi) is 5.93. The molecule has 2 heterocycles. The second-order valence-electron chi connectivity index (χ2n) is 7.04. The molecule has 2 saturated heterocycles. The quantitative estimate of drug-likeness (QED) is 0.868. The maximum absolute atomic E-state index is 12.6. The number of nitrogens with one attached hydrogen (secondary N) is 1. The summed E-state index contributed by atoms with van der Waals surface area (Å²) in [6.07, 6.45) is 2.15. The number of likely N-dealkylation sites (tertiary alicyclic amines) is 1. The number of hydrogen-bond donors (Lipinski definition) is 1. The van der Waals surface area contributed by atoms with E-state index in [1.54, 1.807) is 7.11 Å². The highest BCUT2D eigenvalue weighted by atomic mass is 16.5. The summed E-state index contributed by atoms with van der Waals surface area (Å²) < 4.78 is 10.7. The monoisotopic (exact) mass is 347 g/mol. The first-order valence-corrected chi connectivity index (χ1v) is 9.07. The number of carbonyl (C=O) groups excluding carboxylic acids is 1. The number of benzene rings is 1. The molecule has 0 unspecified atom stereocenters. The Hall–Kier alpha value is -1.63. The van der Waals surface area contributed by atoms with E-state index in [9.17, 15) is 4.79 Å². The van der Waals surface area contributed by atoms with Gasteiger partial charge in [0, 0.05) is 30.7 Å². The number of ether oxygens (including phenoxy) is 2. The Balaban J connectivity index is 1.66. The second-order valence-corrected chi connectivity index (χ2v) is 7.04. The van der Waals surface area contributed by atoms with Crippen molar-refractivity contribution >= 4 is 5.91 Å². The number of amides is 1. The van der Waals surface area contributed by atoms with Crippen molar-refractivity contribution in [2.75, 3.05) is 60.1 Å². The zero-order chi connectivity index (χ0) is 17.7. The van der Waals surface area contributed by atoms with E-state index in [0.29, 0.717) is 12.1 Å². The Morgan fingerprint density at radius 3 is 2.40 bits per heavy atom. The molecule has 0 atom stereocenters. The summed E-state index contributed by atoms with van der Waals surface area (Å²) in [6, 6.07) is 7.26. The van der Waals surface area contributed by atoms with Gasteiger partial charge in [-0.2, -0.15) is 0 Å². The van der Waals surface area contributed by atoms with E-state index in [1.165, 1.54) is 0 Å². The van der Waals surface area contributed by atoms with Crippen LogP contribution < -0.4 is 10.1 Å². The molecule has 3 rings (SSSR count). The first-order chi connectivity index (χ1) is 12.1. The molecule has 1 N–H and O–H groups in total. The Morgan fingerprint density at radius 2 is 1.80 bits per heavy atom. The lowest BCUT2D eigenvalue weighted by Gasteiger charge is -2.49. The van der Waals surface area contributed by atoms with Crippen molar-refractivity contribution in [3.63, 3.8) is 0 Å². The van der Waals surface area contributed by atoms with Crippen molar-refractivity contribution in [2.24, 2.45) is 0 Å². The number of rotatable bonds is 5. The van der Waals surface area contributed by atoms with Crippen molar-refractivity contribution in [1.29, 1.82) is 0 Å². The van der Waals surface area contributed by atoms with E-state index in [4.69, 9.17) is 9.47 Å². The average molecular weight is 347 g/mol. The Labute approximate surface area is 150 Å². The maximum Gasteiger partial charge on any atom is 0.251 e. The molecule has 2 aliphatic rings. The summed E-state index contributed by atoms with van der Waals surface area (Å²) in [6.45, 7) is 6.27. The molecule has 6 heteroatoms. The predicted molar refractivity (Wildman–Crippen MR) is 97.2 cm³/mol. The number of nitrogens with zero attached hydrogens (tertiary/aromatic N) is 2. The van der Waals surface area contributed by atoms with Crippen LogP contribution in [0.3, 0.4) is 0 Å². The van der Waals surface area contributed by atoms with Crippen LogP contribution in [-0.2, 0) is 4.74 Å². The summed E-state index contributed by atoms with van der Waals surface area (Å²) in [5, 5.41) is 3.18. The van der Waals surface area contributed by atoms with Crippen LogP contribution in [0.15, 0.2) is 24.3 Å². The molecule has 138 valence electrons. The summed E-state index contributed by atoms with van der Waals surface area (Å²) in [7, 11) is 3.79. The molecule has 0 aliphatic carbocycles. The van der Waals surface area contributed by atoms with Gasteiger partial charge in [0.2, 0.25) is 0 Å². The molecule has 1 amide bonds. The van der Waals surface area contributed by atoms with E-state index in [0.717, 1.165) is 58.0 Å². The van der Waals surface area contributed by atoms with Gasteiger partial charge < -0.3 is 19.7 Å². The van der Waals surface area contributed by atoms with E-state index in [-0.39, 0.29) is 11.4 Å². The number of morpholine rings is 1.